The first-order chi connectivity index (χ1) is 14.3. The number of aromatic nitrogens is 5. The highest BCUT2D eigenvalue weighted by molar-refractivity contribution is 5.90. The molecule has 0 amide bonds. The second-order valence-corrected chi connectivity index (χ2v) is 7.01. The van der Waals surface area contributed by atoms with Gasteiger partial charge >= 0.3 is 11.7 Å². The number of fused-ring (bicyclic) bond motifs is 1. The van der Waals surface area contributed by atoms with Crippen molar-refractivity contribution in [1.82, 2.24) is 24.1 Å². The zero-order chi connectivity index (χ0) is 21.4. The zero-order valence-corrected chi connectivity index (χ0v) is 16.5. The highest BCUT2D eigenvalue weighted by Crippen LogP contribution is 2.34. The molecule has 4 aromatic rings. The maximum atomic E-state index is 12.9. The van der Waals surface area contributed by atoms with E-state index in [4.69, 9.17) is 10.8 Å². The van der Waals surface area contributed by atoms with Gasteiger partial charge in [0.1, 0.15) is 0 Å². The van der Waals surface area contributed by atoms with Crippen molar-refractivity contribution < 1.29 is 9.90 Å². The molecule has 3 aromatic heterocycles. The average molecular weight is 404 g/mol. The van der Waals surface area contributed by atoms with Crippen molar-refractivity contribution >= 4 is 17.6 Å². The summed E-state index contributed by atoms with van der Waals surface area (Å²) in [4.78, 5) is 32.8. The molecule has 1 aromatic carbocycles. The number of hydrogen-bond donors (Lipinski definition) is 2. The minimum Gasteiger partial charge on any atom is -0.481 e. The molecule has 0 saturated carbocycles. The number of nitrogens with zero attached hydrogens (tertiary/aromatic N) is 5. The molecule has 9 heteroatoms. The second-order valence-electron chi connectivity index (χ2n) is 7.01. The van der Waals surface area contributed by atoms with E-state index in [0.29, 0.717) is 16.9 Å². The Kier molecular flexibility index (Phi) is 4.78. The predicted molar refractivity (Wildman–Crippen MR) is 112 cm³/mol. The van der Waals surface area contributed by atoms with Crippen molar-refractivity contribution in [3.05, 3.63) is 64.3 Å². The molecule has 0 fully saturated rings. The molecule has 0 radical (unpaired) electrons. The Morgan fingerprint density at radius 3 is 2.37 bits per heavy atom. The average Bonchev–Trinajstić information content (AvgIpc) is 3.03. The Balaban J connectivity index is 2.08. The number of rotatable bonds is 5. The summed E-state index contributed by atoms with van der Waals surface area (Å²) in [5, 5.41) is 13.4. The fourth-order valence-electron chi connectivity index (χ4n) is 3.50. The van der Waals surface area contributed by atoms with Crippen molar-refractivity contribution in [2.24, 2.45) is 0 Å². The number of nitrogen functional groups attached to an aromatic ring is 1. The minimum absolute atomic E-state index is 0.0123. The fraction of sp³-hybridized carbons (Fsp3) is 0.190. The van der Waals surface area contributed by atoms with Gasteiger partial charge in [0.25, 0.3) is 0 Å². The van der Waals surface area contributed by atoms with Crippen molar-refractivity contribution in [2.75, 3.05) is 5.73 Å². The Labute approximate surface area is 171 Å². The van der Waals surface area contributed by atoms with E-state index in [1.165, 1.54) is 4.40 Å². The summed E-state index contributed by atoms with van der Waals surface area (Å²) < 4.78 is 2.33. The van der Waals surface area contributed by atoms with Crippen LogP contribution < -0.4 is 11.4 Å². The van der Waals surface area contributed by atoms with Crippen LogP contribution in [-0.4, -0.2) is 35.2 Å². The van der Waals surface area contributed by atoms with Gasteiger partial charge in [-0.05, 0) is 31.5 Å². The van der Waals surface area contributed by atoms with Gasteiger partial charge in [0.15, 0.2) is 5.65 Å². The van der Waals surface area contributed by atoms with Gasteiger partial charge in [0.05, 0.1) is 24.2 Å². The van der Waals surface area contributed by atoms with Crippen LogP contribution in [0.15, 0.2) is 47.3 Å². The molecule has 0 aliphatic heterocycles. The lowest BCUT2D eigenvalue weighted by atomic mass is 9.99. The molecule has 3 N–H and O–H groups in total. The van der Waals surface area contributed by atoms with E-state index in [1.807, 2.05) is 56.3 Å². The molecule has 4 rings (SSSR count). The summed E-state index contributed by atoms with van der Waals surface area (Å²) in [6, 6.07) is 13.3. The van der Waals surface area contributed by atoms with Crippen LogP contribution in [0.5, 0.6) is 0 Å². The van der Waals surface area contributed by atoms with Gasteiger partial charge in [-0.25, -0.2) is 18.9 Å². The number of aliphatic carboxylic acids is 1. The van der Waals surface area contributed by atoms with Crippen LogP contribution in [0.2, 0.25) is 0 Å². The topological polar surface area (TPSA) is 128 Å². The van der Waals surface area contributed by atoms with Crippen LogP contribution in [-0.2, 0) is 11.3 Å². The van der Waals surface area contributed by atoms with E-state index in [-0.39, 0.29) is 18.9 Å². The lowest BCUT2D eigenvalue weighted by molar-refractivity contribution is -0.137. The van der Waals surface area contributed by atoms with E-state index >= 15 is 0 Å². The molecule has 0 bridgehead atoms. The largest absolute Gasteiger partial charge is 0.481 e. The number of benzene rings is 1. The fourth-order valence-corrected chi connectivity index (χ4v) is 3.50. The van der Waals surface area contributed by atoms with Crippen LogP contribution in [0.4, 0.5) is 5.95 Å². The molecule has 152 valence electrons. The lowest BCUT2D eigenvalue weighted by Crippen LogP contribution is -2.24. The number of aryl methyl sites for hydroxylation is 3. The monoisotopic (exact) mass is 404 g/mol. The molecule has 9 nitrogen and oxygen atoms in total. The van der Waals surface area contributed by atoms with Gasteiger partial charge in [-0.3, -0.25) is 9.78 Å². The number of hydrogen-bond acceptors (Lipinski definition) is 6. The SMILES string of the molecule is Cc1cc(-c2c(-c3ccccc3)nc(N)n3c(=O)n(CCC(=O)O)nc23)cc(C)n1. The Morgan fingerprint density at radius 1 is 1.07 bits per heavy atom. The summed E-state index contributed by atoms with van der Waals surface area (Å²) in [5.74, 6) is -1.03. The predicted octanol–water partition coefficient (Wildman–Crippen LogP) is 2.29. The van der Waals surface area contributed by atoms with Gasteiger partial charge in [-0.1, -0.05) is 30.3 Å². The van der Waals surface area contributed by atoms with E-state index in [0.717, 1.165) is 27.2 Å². The van der Waals surface area contributed by atoms with Gasteiger partial charge < -0.3 is 10.8 Å². The number of carboxylic acids is 1. The van der Waals surface area contributed by atoms with Gasteiger partial charge in [-0.15, -0.1) is 5.10 Å². The Hall–Kier alpha value is -4.01. The van der Waals surface area contributed by atoms with E-state index < -0.39 is 11.7 Å². The third-order valence-corrected chi connectivity index (χ3v) is 4.71. The van der Waals surface area contributed by atoms with Crippen LogP contribution in [0.1, 0.15) is 17.8 Å². The standard InChI is InChI=1S/C21H20N6O3/c1-12-10-15(11-13(2)23-12)17-18(14-6-4-3-5-7-14)24-20(22)27-19(17)25-26(21(27)30)9-8-16(28)29/h3-7,10-11H,8-9H2,1-2H3,(H2,22,24)(H,28,29). The molecule has 0 saturated heterocycles. The summed E-state index contributed by atoms with van der Waals surface area (Å²) in [6.45, 7) is 3.71. The first kappa shape index (κ1) is 19.3. The van der Waals surface area contributed by atoms with Crippen LogP contribution in [0.25, 0.3) is 28.0 Å². The second kappa shape index (κ2) is 7.43. The van der Waals surface area contributed by atoms with E-state index in [2.05, 4.69) is 15.1 Å². The lowest BCUT2D eigenvalue weighted by Gasteiger charge is -2.13. The van der Waals surface area contributed by atoms with Gasteiger partial charge in [-0.2, -0.15) is 0 Å². The highest BCUT2D eigenvalue weighted by Gasteiger charge is 2.22. The number of carboxylic acid groups (broad SMARTS) is 1. The van der Waals surface area contributed by atoms with Crippen molar-refractivity contribution in [1.29, 1.82) is 0 Å². The smallest absolute Gasteiger partial charge is 0.353 e. The van der Waals surface area contributed by atoms with Crippen LogP contribution in [0, 0.1) is 13.8 Å². The zero-order valence-electron chi connectivity index (χ0n) is 16.5. The van der Waals surface area contributed by atoms with Gasteiger partial charge in [0.2, 0.25) is 5.95 Å². The highest BCUT2D eigenvalue weighted by atomic mass is 16.4. The number of anilines is 1. The molecular weight excluding hydrogens is 384 g/mol. The summed E-state index contributed by atoms with van der Waals surface area (Å²) in [5.41, 5.74) is 10.4. The van der Waals surface area contributed by atoms with Crippen molar-refractivity contribution in [3.8, 4) is 22.4 Å². The first-order valence-electron chi connectivity index (χ1n) is 9.37. The van der Waals surface area contributed by atoms with E-state index in [1.54, 1.807) is 0 Å². The number of pyridine rings is 1. The molecule has 30 heavy (non-hydrogen) atoms. The molecule has 0 spiro atoms. The minimum atomic E-state index is -1.02. The van der Waals surface area contributed by atoms with Crippen LogP contribution >= 0.6 is 0 Å². The Bertz CT molecular complexity index is 1300. The number of carbonyl (C=O) groups is 1. The maximum absolute atomic E-state index is 12.9. The normalized spacial score (nSPS) is 11.1. The molecule has 0 aliphatic carbocycles. The van der Waals surface area contributed by atoms with Gasteiger partial charge in [0, 0.05) is 17.0 Å². The quantitative estimate of drug-likeness (QED) is 0.522. The van der Waals surface area contributed by atoms with Crippen LogP contribution in [0.3, 0.4) is 0 Å². The Morgan fingerprint density at radius 2 is 1.73 bits per heavy atom. The molecule has 0 aliphatic rings. The molecular formula is C21H20N6O3. The maximum Gasteiger partial charge on any atom is 0.353 e. The molecule has 0 atom stereocenters. The summed E-state index contributed by atoms with van der Waals surface area (Å²) in [7, 11) is 0. The number of nitrogens with two attached hydrogens (primary N) is 1. The first-order valence-corrected chi connectivity index (χ1v) is 9.37. The molecule has 3 heterocycles. The van der Waals surface area contributed by atoms with Crippen molar-refractivity contribution in [3.63, 3.8) is 0 Å². The molecule has 0 unspecified atom stereocenters. The third-order valence-electron chi connectivity index (χ3n) is 4.71. The third kappa shape index (κ3) is 3.41. The summed E-state index contributed by atoms with van der Waals surface area (Å²) >= 11 is 0. The summed E-state index contributed by atoms with van der Waals surface area (Å²) in [6.07, 6.45) is -0.231. The van der Waals surface area contributed by atoms with Crippen molar-refractivity contribution in [2.45, 2.75) is 26.8 Å². The van der Waals surface area contributed by atoms with E-state index in [9.17, 15) is 9.59 Å².